The summed E-state index contributed by atoms with van der Waals surface area (Å²) in [6, 6.07) is 18.5. The smallest absolute Gasteiger partial charge is 0.324 e. The summed E-state index contributed by atoms with van der Waals surface area (Å²) in [4.78, 5) is 16.9. The van der Waals surface area contributed by atoms with E-state index in [1.807, 2.05) is 53.4 Å². The Bertz CT molecular complexity index is 802. The van der Waals surface area contributed by atoms with Crippen LogP contribution in [0.2, 0.25) is 5.02 Å². The van der Waals surface area contributed by atoms with E-state index < -0.39 is 0 Å². The topological polar surface area (TPSA) is 49.6 Å². The van der Waals surface area contributed by atoms with E-state index in [2.05, 4.69) is 11.0 Å². The van der Waals surface area contributed by atoms with Crippen LogP contribution in [0.3, 0.4) is 0 Å². The van der Waals surface area contributed by atoms with E-state index in [0.29, 0.717) is 12.6 Å². The van der Waals surface area contributed by atoms with Crippen molar-refractivity contribution in [2.45, 2.75) is 37.1 Å². The lowest BCUT2D eigenvalue weighted by Gasteiger charge is -2.42. The van der Waals surface area contributed by atoms with Crippen LogP contribution >= 0.6 is 11.6 Å². The number of benzene rings is 2. The maximum absolute atomic E-state index is 13.0. The first-order chi connectivity index (χ1) is 13.1. The molecule has 1 aliphatic heterocycles. The second kappa shape index (κ2) is 7.53. The Kier molecular flexibility index (Phi) is 5.11. The zero-order valence-electron chi connectivity index (χ0n) is 15.5. The van der Waals surface area contributed by atoms with Gasteiger partial charge in [0, 0.05) is 41.8 Å². The van der Waals surface area contributed by atoms with Crippen molar-refractivity contribution in [1.82, 2.24) is 4.90 Å². The van der Waals surface area contributed by atoms with Gasteiger partial charge in [0.2, 0.25) is 0 Å². The van der Waals surface area contributed by atoms with Crippen LogP contribution in [0.4, 0.5) is 10.5 Å². The first-order valence-electron chi connectivity index (χ1n) is 9.72. The summed E-state index contributed by atoms with van der Waals surface area (Å²) in [7, 11) is 0. The number of carbonyl (C=O) groups is 1. The van der Waals surface area contributed by atoms with Crippen LogP contribution in [0.1, 0.15) is 31.2 Å². The average molecular weight is 384 g/mol. The number of para-hydroxylation sites is 1. The number of anilines is 1. The van der Waals surface area contributed by atoms with E-state index in [-0.39, 0.29) is 11.4 Å². The van der Waals surface area contributed by atoms with Gasteiger partial charge in [0.25, 0.3) is 0 Å². The highest BCUT2D eigenvalue weighted by Gasteiger charge is 2.41. The number of amides is 2. The molecule has 1 saturated carbocycles. The summed E-state index contributed by atoms with van der Waals surface area (Å²) in [5.74, 6) is 0. The maximum Gasteiger partial charge on any atom is 0.324 e. The van der Waals surface area contributed by atoms with Crippen molar-refractivity contribution < 1.29 is 4.79 Å². The number of carbonyl (C=O) groups excluding carboxylic acids is 1. The number of nitrogens with zero attached hydrogens (tertiary/aromatic N) is 2. The molecule has 2 aromatic carbocycles. The molecular formula is C22H26ClN3O. The predicted molar refractivity (Wildman–Crippen MR) is 110 cm³/mol. The van der Waals surface area contributed by atoms with E-state index in [1.54, 1.807) is 0 Å². The largest absolute Gasteiger partial charge is 0.330 e. The summed E-state index contributed by atoms with van der Waals surface area (Å²) in [6.45, 7) is 2.17. The lowest BCUT2D eigenvalue weighted by atomic mass is 9.68. The summed E-state index contributed by atoms with van der Waals surface area (Å²) in [6.07, 6.45) is 3.95. The molecule has 2 N–H and O–H groups in total. The molecule has 1 saturated heterocycles. The molecule has 0 bridgehead atoms. The highest BCUT2D eigenvalue weighted by atomic mass is 35.5. The van der Waals surface area contributed by atoms with Gasteiger partial charge in [-0.05, 0) is 55.5 Å². The highest BCUT2D eigenvalue weighted by Crippen LogP contribution is 2.41. The van der Waals surface area contributed by atoms with E-state index >= 15 is 0 Å². The average Bonchev–Trinajstić information content (AvgIpc) is 3.10. The third kappa shape index (κ3) is 3.44. The predicted octanol–water partition coefficient (Wildman–Crippen LogP) is 4.42. The Labute approximate surface area is 165 Å². The van der Waals surface area contributed by atoms with Gasteiger partial charge in [0.1, 0.15) is 0 Å². The minimum atomic E-state index is -0.0245. The molecule has 142 valence electrons. The summed E-state index contributed by atoms with van der Waals surface area (Å²) < 4.78 is 0. The Hall–Kier alpha value is -2.04. The van der Waals surface area contributed by atoms with Crippen LogP contribution in [-0.4, -0.2) is 36.6 Å². The van der Waals surface area contributed by atoms with Gasteiger partial charge in [-0.2, -0.15) is 0 Å². The Morgan fingerprint density at radius 3 is 2.44 bits per heavy atom. The molecular weight excluding hydrogens is 358 g/mol. The molecule has 1 heterocycles. The van der Waals surface area contributed by atoms with Crippen molar-refractivity contribution in [1.29, 1.82) is 0 Å². The molecule has 4 nitrogen and oxygen atoms in total. The van der Waals surface area contributed by atoms with Gasteiger partial charge in [-0.1, -0.05) is 41.9 Å². The Morgan fingerprint density at radius 1 is 1.04 bits per heavy atom. The van der Waals surface area contributed by atoms with Crippen LogP contribution < -0.4 is 10.6 Å². The minimum Gasteiger partial charge on any atom is -0.330 e. The summed E-state index contributed by atoms with van der Waals surface area (Å²) in [5, 5.41) is 0.760. The van der Waals surface area contributed by atoms with Gasteiger partial charge in [-0.3, -0.25) is 4.90 Å². The third-order valence-corrected chi connectivity index (χ3v) is 6.52. The van der Waals surface area contributed by atoms with E-state index in [0.717, 1.165) is 49.5 Å². The van der Waals surface area contributed by atoms with E-state index in [4.69, 9.17) is 17.3 Å². The summed E-state index contributed by atoms with van der Waals surface area (Å²) in [5.41, 5.74) is 8.40. The molecule has 0 aromatic heterocycles. The zero-order valence-corrected chi connectivity index (χ0v) is 16.2. The van der Waals surface area contributed by atoms with Gasteiger partial charge in [-0.25, -0.2) is 4.79 Å². The van der Waals surface area contributed by atoms with Gasteiger partial charge in [0.15, 0.2) is 0 Å². The lowest BCUT2D eigenvalue weighted by molar-refractivity contribution is 0.156. The number of hydrogen-bond acceptors (Lipinski definition) is 2. The van der Waals surface area contributed by atoms with Crippen molar-refractivity contribution in [2.75, 3.05) is 24.5 Å². The molecule has 0 atom stereocenters. The summed E-state index contributed by atoms with van der Waals surface area (Å²) >= 11 is 6.21. The van der Waals surface area contributed by atoms with Crippen molar-refractivity contribution in [3.63, 3.8) is 0 Å². The lowest BCUT2D eigenvalue weighted by Crippen LogP contribution is -2.46. The fourth-order valence-corrected chi connectivity index (χ4v) is 4.83. The molecule has 2 aromatic rings. The number of hydrogen-bond donors (Lipinski definition) is 1. The number of urea groups is 1. The van der Waals surface area contributed by atoms with Gasteiger partial charge < -0.3 is 10.6 Å². The molecule has 0 unspecified atom stereocenters. The van der Waals surface area contributed by atoms with Crippen molar-refractivity contribution in [3.05, 3.63) is 65.2 Å². The molecule has 5 heteroatoms. The van der Waals surface area contributed by atoms with Crippen LogP contribution in [0.25, 0.3) is 0 Å². The molecule has 2 aliphatic rings. The monoisotopic (exact) mass is 383 g/mol. The molecule has 2 amide bonds. The maximum atomic E-state index is 13.0. The van der Waals surface area contributed by atoms with Crippen molar-refractivity contribution in [3.8, 4) is 0 Å². The van der Waals surface area contributed by atoms with Crippen molar-refractivity contribution >= 4 is 23.3 Å². The van der Waals surface area contributed by atoms with Crippen LogP contribution in [0, 0.1) is 0 Å². The number of nitrogens with two attached hydrogens (primary N) is 1. The Morgan fingerprint density at radius 2 is 1.78 bits per heavy atom. The normalized spacial score (nSPS) is 25.9. The third-order valence-electron chi connectivity index (χ3n) is 6.29. The van der Waals surface area contributed by atoms with E-state index in [9.17, 15) is 4.79 Å². The molecule has 1 aliphatic carbocycles. The first-order valence-corrected chi connectivity index (χ1v) is 10.1. The van der Waals surface area contributed by atoms with Gasteiger partial charge in [0.05, 0.1) is 0 Å². The molecule has 2 fully saturated rings. The second-order valence-electron chi connectivity index (χ2n) is 7.69. The highest BCUT2D eigenvalue weighted by molar-refractivity contribution is 6.30. The first kappa shape index (κ1) is 18.3. The fraction of sp³-hybridized carbons (Fsp3) is 0.409. The van der Waals surface area contributed by atoms with Crippen LogP contribution in [0.5, 0.6) is 0 Å². The SMILES string of the molecule is NC[C@]1(c2cccc(Cl)c2)CC[C@H](N2CCN(c3ccccc3)C2=O)CC1. The van der Waals surface area contributed by atoms with Crippen molar-refractivity contribution in [2.24, 2.45) is 5.73 Å². The zero-order chi connectivity index (χ0) is 18.9. The quantitative estimate of drug-likeness (QED) is 0.849. The standard InChI is InChI=1S/C22H26ClN3O/c23-18-6-4-5-17(15-18)22(16-24)11-9-20(10-12-22)26-14-13-25(21(26)27)19-7-2-1-3-8-19/h1-8,15,20H,9-14,16,24H2/t20-,22-. The molecule has 27 heavy (non-hydrogen) atoms. The second-order valence-corrected chi connectivity index (χ2v) is 8.13. The van der Waals surface area contributed by atoms with Crippen LogP contribution in [0.15, 0.2) is 54.6 Å². The van der Waals surface area contributed by atoms with Gasteiger partial charge >= 0.3 is 6.03 Å². The minimum absolute atomic E-state index is 0.0245. The number of rotatable bonds is 4. The molecule has 4 rings (SSSR count). The van der Waals surface area contributed by atoms with Gasteiger partial charge in [-0.15, -0.1) is 0 Å². The Balaban J connectivity index is 1.45. The fourth-order valence-electron chi connectivity index (χ4n) is 4.64. The number of halogens is 1. The molecule has 0 radical (unpaired) electrons. The van der Waals surface area contributed by atoms with Crippen LogP contribution in [-0.2, 0) is 5.41 Å². The molecule has 0 spiro atoms. The van der Waals surface area contributed by atoms with E-state index in [1.165, 1.54) is 5.56 Å².